The molecule has 0 unspecified atom stereocenters. The normalized spacial score (nSPS) is 19.7. The zero-order valence-electron chi connectivity index (χ0n) is 25.3. The second-order valence-electron chi connectivity index (χ2n) is 13.4. The topological polar surface area (TPSA) is 62.3 Å². The van der Waals surface area contributed by atoms with Gasteiger partial charge < -0.3 is 14.7 Å². The van der Waals surface area contributed by atoms with Crippen molar-refractivity contribution in [1.29, 1.82) is 0 Å². The number of amidine groups is 1. The summed E-state index contributed by atoms with van der Waals surface area (Å²) in [6.07, 6.45) is 3.37. The van der Waals surface area contributed by atoms with Crippen molar-refractivity contribution in [3.05, 3.63) is 94.8 Å². The number of phenols is 1. The van der Waals surface area contributed by atoms with Gasteiger partial charge in [-0.3, -0.25) is 4.99 Å². The molecule has 1 aliphatic carbocycles. The highest BCUT2D eigenvalue weighted by atomic mass is 16.5. The fourth-order valence-corrected chi connectivity index (χ4v) is 6.53. The van der Waals surface area contributed by atoms with Crippen molar-refractivity contribution < 1.29 is 9.84 Å². The van der Waals surface area contributed by atoms with E-state index >= 15 is 0 Å². The number of benzene rings is 3. The molecule has 6 heteroatoms. The van der Waals surface area contributed by atoms with Gasteiger partial charge in [-0.15, -0.1) is 0 Å². The number of hydrogen-bond donors (Lipinski definition) is 1. The Hall–Kier alpha value is -4.37. The monoisotopic (exact) mass is 558 g/mol. The van der Waals surface area contributed by atoms with E-state index < -0.39 is 0 Å². The molecule has 2 atom stereocenters. The molecule has 1 N–H and O–H groups in total. The van der Waals surface area contributed by atoms with Crippen molar-refractivity contribution in [2.45, 2.75) is 78.3 Å². The molecule has 1 aromatic heterocycles. The molecule has 2 heterocycles. The second-order valence-corrected chi connectivity index (χ2v) is 13.4. The highest BCUT2D eigenvalue weighted by Crippen LogP contribution is 2.46. The van der Waals surface area contributed by atoms with E-state index in [1.165, 1.54) is 0 Å². The van der Waals surface area contributed by atoms with Crippen molar-refractivity contribution >= 4 is 28.1 Å². The van der Waals surface area contributed by atoms with Crippen LogP contribution in [-0.4, -0.2) is 28.0 Å². The van der Waals surface area contributed by atoms with E-state index in [-0.39, 0.29) is 28.7 Å². The number of ether oxygens (including phenoxy) is 1. The number of fused-ring (bicyclic) bond motifs is 2. The van der Waals surface area contributed by atoms with Crippen LogP contribution in [0.4, 0.5) is 11.4 Å². The minimum absolute atomic E-state index is 0.0820. The summed E-state index contributed by atoms with van der Waals surface area (Å²) in [4.78, 5) is 16.0. The number of hydrogen-bond acceptors (Lipinski definition) is 5. The van der Waals surface area contributed by atoms with Gasteiger partial charge >= 0.3 is 0 Å². The van der Waals surface area contributed by atoms with Crippen LogP contribution in [0.5, 0.6) is 17.4 Å². The molecule has 3 aromatic carbocycles. The lowest BCUT2D eigenvalue weighted by atomic mass is 9.70. The first-order chi connectivity index (χ1) is 19.9. The van der Waals surface area contributed by atoms with Crippen molar-refractivity contribution in [2.75, 3.05) is 4.90 Å². The molecule has 2 aliphatic rings. The Kier molecular flexibility index (Phi) is 6.73. The summed E-state index contributed by atoms with van der Waals surface area (Å²) < 4.78 is 6.32. The van der Waals surface area contributed by atoms with Crippen LogP contribution >= 0.6 is 0 Å². The van der Waals surface area contributed by atoms with Gasteiger partial charge in [0.05, 0.1) is 18.7 Å². The third kappa shape index (κ3) is 5.09. The Bertz CT molecular complexity index is 1740. The summed E-state index contributed by atoms with van der Waals surface area (Å²) in [6.45, 7) is 20.5. The minimum atomic E-state index is -0.0820. The van der Waals surface area contributed by atoms with Gasteiger partial charge in [0.25, 0.3) is 0 Å². The van der Waals surface area contributed by atoms with Crippen LogP contribution in [0.2, 0.25) is 0 Å². The molecular formula is C36H38N4O2. The van der Waals surface area contributed by atoms with E-state index in [0.29, 0.717) is 22.8 Å². The number of anilines is 1. The SMILES string of the molecule is [C-]#[N+]c1ccc(N2C(c3cc(C)cc(Oc4ccc5cc(C(C)(C)C)cc(O)c5n4)c3)=N[C@H]3CCCC(C)(C)[C@@H]32)cc1. The lowest BCUT2D eigenvalue weighted by molar-refractivity contribution is 0.190. The van der Waals surface area contributed by atoms with Gasteiger partial charge in [0.15, 0.2) is 5.69 Å². The van der Waals surface area contributed by atoms with Gasteiger partial charge in [0.1, 0.15) is 22.9 Å². The molecule has 42 heavy (non-hydrogen) atoms. The maximum atomic E-state index is 10.8. The molecule has 1 fully saturated rings. The average Bonchev–Trinajstić information content (AvgIpc) is 3.34. The van der Waals surface area contributed by atoms with Crippen LogP contribution < -0.4 is 9.64 Å². The molecule has 0 spiro atoms. The predicted molar refractivity (Wildman–Crippen MR) is 170 cm³/mol. The maximum Gasteiger partial charge on any atom is 0.219 e. The molecule has 4 aromatic rings. The van der Waals surface area contributed by atoms with E-state index in [4.69, 9.17) is 16.3 Å². The number of aromatic nitrogens is 1. The smallest absolute Gasteiger partial charge is 0.219 e. The van der Waals surface area contributed by atoms with E-state index in [1.54, 1.807) is 6.07 Å². The van der Waals surface area contributed by atoms with Crippen molar-refractivity contribution in [2.24, 2.45) is 10.4 Å². The number of nitrogens with zero attached hydrogens (tertiary/aromatic N) is 4. The van der Waals surface area contributed by atoms with Gasteiger partial charge in [-0.1, -0.05) is 53.2 Å². The van der Waals surface area contributed by atoms with Crippen LogP contribution in [0.15, 0.2) is 71.7 Å². The summed E-state index contributed by atoms with van der Waals surface area (Å²) in [7, 11) is 0. The molecule has 1 saturated carbocycles. The predicted octanol–water partition coefficient (Wildman–Crippen LogP) is 9.10. The number of aryl methyl sites for hydroxylation is 1. The summed E-state index contributed by atoms with van der Waals surface area (Å²) >= 11 is 0. The van der Waals surface area contributed by atoms with Crippen molar-refractivity contribution in [3.8, 4) is 17.4 Å². The second kappa shape index (κ2) is 10.2. The van der Waals surface area contributed by atoms with Gasteiger partial charge in [-0.25, -0.2) is 9.83 Å². The molecule has 0 amide bonds. The zero-order valence-corrected chi connectivity index (χ0v) is 25.3. The first-order valence-corrected chi connectivity index (χ1v) is 14.7. The average molecular weight is 559 g/mol. The summed E-state index contributed by atoms with van der Waals surface area (Å²) in [5.74, 6) is 2.18. The van der Waals surface area contributed by atoms with E-state index in [1.807, 2.05) is 48.5 Å². The van der Waals surface area contributed by atoms with Gasteiger partial charge in [0, 0.05) is 22.7 Å². The summed E-state index contributed by atoms with van der Waals surface area (Å²) in [5.41, 5.74) is 5.30. The highest BCUT2D eigenvalue weighted by molar-refractivity contribution is 6.12. The van der Waals surface area contributed by atoms with Crippen molar-refractivity contribution in [1.82, 2.24) is 4.98 Å². The van der Waals surface area contributed by atoms with E-state index in [0.717, 1.165) is 52.9 Å². The lowest BCUT2D eigenvalue weighted by Crippen LogP contribution is -2.51. The lowest BCUT2D eigenvalue weighted by Gasteiger charge is -2.45. The number of pyridine rings is 1. The molecule has 0 radical (unpaired) electrons. The van der Waals surface area contributed by atoms with E-state index in [2.05, 4.69) is 68.4 Å². The number of phenolic OH excluding ortho intramolecular Hbond substituents is 1. The molecule has 214 valence electrons. The van der Waals surface area contributed by atoms with Gasteiger partial charge in [-0.2, -0.15) is 0 Å². The molecule has 1 aliphatic heterocycles. The van der Waals surface area contributed by atoms with Crippen LogP contribution in [0.25, 0.3) is 15.7 Å². The van der Waals surface area contributed by atoms with E-state index in [9.17, 15) is 5.11 Å². The highest BCUT2D eigenvalue weighted by Gasteiger charge is 2.48. The van der Waals surface area contributed by atoms with Crippen LogP contribution in [0, 0.1) is 18.9 Å². The fraction of sp³-hybridized carbons (Fsp3) is 0.361. The quantitative estimate of drug-likeness (QED) is 0.254. The molecule has 6 nitrogen and oxygen atoms in total. The molecule has 0 bridgehead atoms. The Balaban J connectivity index is 1.37. The molecule has 0 saturated heterocycles. The minimum Gasteiger partial charge on any atom is -0.506 e. The Morgan fingerprint density at radius 2 is 1.79 bits per heavy atom. The van der Waals surface area contributed by atoms with Crippen LogP contribution in [0.3, 0.4) is 0 Å². The van der Waals surface area contributed by atoms with Crippen LogP contribution in [-0.2, 0) is 5.41 Å². The molecular weight excluding hydrogens is 520 g/mol. The fourth-order valence-electron chi connectivity index (χ4n) is 6.53. The Morgan fingerprint density at radius 3 is 2.50 bits per heavy atom. The summed E-state index contributed by atoms with van der Waals surface area (Å²) in [5, 5.41) is 11.7. The zero-order chi connectivity index (χ0) is 29.8. The largest absolute Gasteiger partial charge is 0.506 e. The summed E-state index contributed by atoms with van der Waals surface area (Å²) in [6, 6.07) is 22.2. The third-order valence-corrected chi connectivity index (χ3v) is 8.68. The number of rotatable bonds is 4. The maximum absolute atomic E-state index is 10.8. The van der Waals surface area contributed by atoms with Crippen molar-refractivity contribution in [3.63, 3.8) is 0 Å². The first kappa shape index (κ1) is 27.8. The number of aromatic hydroxyl groups is 1. The van der Waals surface area contributed by atoms with Crippen LogP contribution in [0.1, 0.15) is 70.6 Å². The first-order valence-electron chi connectivity index (χ1n) is 14.7. The third-order valence-electron chi connectivity index (χ3n) is 8.68. The standard InChI is InChI=1S/C36H38N4O2/c1-22-17-24(20-28(18-22)42-31-15-10-23-19-25(35(2,3)4)21-30(41)32(23)39-31)34-38-29-9-8-16-36(5,6)33(29)40(34)27-13-11-26(37-7)12-14-27/h10-15,17-21,29,33,41H,8-9,16H2,1-6H3/t29-,33+/m0/s1. The Labute approximate surface area is 248 Å². The van der Waals surface area contributed by atoms with Gasteiger partial charge in [-0.05, 0) is 90.3 Å². The molecule has 6 rings (SSSR count). The number of aliphatic imine (C=N–C) groups is 1. The Morgan fingerprint density at radius 1 is 1.02 bits per heavy atom. The van der Waals surface area contributed by atoms with Gasteiger partial charge in [0.2, 0.25) is 5.88 Å².